The van der Waals surface area contributed by atoms with Gasteiger partial charge in [-0.1, -0.05) is 42.5 Å². The Morgan fingerprint density at radius 3 is 2.47 bits per heavy atom. The van der Waals surface area contributed by atoms with Gasteiger partial charge in [-0.3, -0.25) is 4.57 Å². The fourth-order valence-corrected chi connectivity index (χ4v) is 1.96. The van der Waals surface area contributed by atoms with Crippen LogP contribution < -0.4 is 0 Å². The number of hydrogen-bond acceptors (Lipinski definition) is 2. The maximum atomic E-state index is 10.3. The van der Waals surface area contributed by atoms with Crippen molar-refractivity contribution in [3.63, 3.8) is 0 Å². The van der Waals surface area contributed by atoms with E-state index in [1.807, 2.05) is 54.6 Å². The first-order valence-electron chi connectivity index (χ1n) is 5.51. The van der Waals surface area contributed by atoms with Gasteiger partial charge < -0.3 is 5.11 Å². The van der Waals surface area contributed by atoms with Crippen LogP contribution in [0.1, 0.15) is 11.8 Å². The molecule has 0 aliphatic carbocycles. The van der Waals surface area contributed by atoms with Gasteiger partial charge in [0.05, 0.1) is 17.4 Å². The highest BCUT2D eigenvalue weighted by Gasteiger charge is 2.11. The first-order chi connectivity index (χ1) is 8.36. The highest BCUT2D eigenvalue weighted by atomic mass is 16.3. The molecule has 1 unspecified atom stereocenters. The molecule has 3 nitrogen and oxygen atoms in total. The van der Waals surface area contributed by atoms with Crippen molar-refractivity contribution in [2.75, 3.05) is 0 Å². The summed E-state index contributed by atoms with van der Waals surface area (Å²) in [4.78, 5) is 4.27. The monoisotopic (exact) mass is 224 g/mol. The molecule has 0 aliphatic rings. The first-order valence-corrected chi connectivity index (χ1v) is 5.51. The Kier molecular flexibility index (Phi) is 2.38. The summed E-state index contributed by atoms with van der Waals surface area (Å²) < 4.78 is 1.77. The second-order valence-corrected chi connectivity index (χ2v) is 3.92. The molecule has 0 bridgehead atoms. The van der Waals surface area contributed by atoms with Gasteiger partial charge in [-0.15, -0.1) is 0 Å². The van der Waals surface area contributed by atoms with Crippen molar-refractivity contribution in [2.24, 2.45) is 0 Å². The molecular weight excluding hydrogens is 212 g/mol. The molecular formula is C14H12N2O. The van der Waals surface area contributed by atoms with Crippen LogP contribution in [0, 0.1) is 0 Å². The van der Waals surface area contributed by atoms with Crippen molar-refractivity contribution in [3.05, 3.63) is 66.5 Å². The van der Waals surface area contributed by atoms with Gasteiger partial charge >= 0.3 is 0 Å². The standard InChI is InChI=1S/C14H12N2O/c17-14(11-6-2-1-3-7-11)16-10-15-12-8-4-5-9-13(12)16/h1-10,14,17H. The molecule has 0 amide bonds. The largest absolute Gasteiger partial charge is 0.369 e. The lowest BCUT2D eigenvalue weighted by molar-refractivity contribution is 0.150. The molecule has 3 heteroatoms. The summed E-state index contributed by atoms with van der Waals surface area (Å²) in [5.74, 6) is 0. The summed E-state index contributed by atoms with van der Waals surface area (Å²) in [6, 6.07) is 17.3. The summed E-state index contributed by atoms with van der Waals surface area (Å²) in [6.07, 6.45) is 0.978. The minimum absolute atomic E-state index is 0.691. The maximum Gasteiger partial charge on any atom is 0.158 e. The minimum Gasteiger partial charge on any atom is -0.369 e. The predicted molar refractivity (Wildman–Crippen MR) is 66.5 cm³/mol. The van der Waals surface area contributed by atoms with Crippen molar-refractivity contribution in [1.82, 2.24) is 9.55 Å². The third-order valence-corrected chi connectivity index (χ3v) is 2.84. The van der Waals surface area contributed by atoms with Crippen LogP contribution in [-0.2, 0) is 0 Å². The maximum absolute atomic E-state index is 10.3. The number of imidazole rings is 1. The number of aromatic nitrogens is 2. The van der Waals surface area contributed by atoms with Crippen molar-refractivity contribution in [1.29, 1.82) is 0 Å². The van der Waals surface area contributed by atoms with E-state index < -0.39 is 6.23 Å². The molecule has 0 radical (unpaired) electrons. The number of aliphatic hydroxyl groups is 1. The van der Waals surface area contributed by atoms with Crippen LogP contribution in [0.25, 0.3) is 11.0 Å². The molecule has 3 aromatic rings. The number of aliphatic hydroxyl groups excluding tert-OH is 1. The number of benzene rings is 2. The van der Waals surface area contributed by atoms with Crippen molar-refractivity contribution >= 4 is 11.0 Å². The molecule has 2 aromatic carbocycles. The SMILES string of the molecule is OC(c1ccccc1)n1cnc2ccccc21. The van der Waals surface area contributed by atoms with Crippen molar-refractivity contribution in [2.45, 2.75) is 6.23 Å². The average Bonchev–Trinajstić information content (AvgIpc) is 2.83. The second-order valence-electron chi connectivity index (χ2n) is 3.92. The Morgan fingerprint density at radius 1 is 0.941 bits per heavy atom. The quantitative estimate of drug-likeness (QED) is 0.726. The van der Waals surface area contributed by atoms with E-state index in [0.29, 0.717) is 0 Å². The van der Waals surface area contributed by atoms with E-state index >= 15 is 0 Å². The van der Waals surface area contributed by atoms with E-state index in [9.17, 15) is 5.11 Å². The van der Waals surface area contributed by atoms with Crippen LogP contribution in [0.5, 0.6) is 0 Å². The molecule has 0 saturated carbocycles. The van der Waals surface area contributed by atoms with E-state index in [2.05, 4.69) is 4.98 Å². The third kappa shape index (κ3) is 1.70. The van der Waals surface area contributed by atoms with Crippen molar-refractivity contribution in [3.8, 4) is 0 Å². The van der Waals surface area contributed by atoms with Crippen LogP contribution in [0.2, 0.25) is 0 Å². The lowest BCUT2D eigenvalue weighted by Gasteiger charge is -2.13. The summed E-state index contributed by atoms with van der Waals surface area (Å²) in [7, 11) is 0. The topological polar surface area (TPSA) is 38.0 Å². The summed E-state index contributed by atoms with van der Waals surface area (Å²) in [5.41, 5.74) is 2.68. The highest BCUT2D eigenvalue weighted by molar-refractivity contribution is 5.75. The molecule has 0 spiro atoms. The van der Waals surface area contributed by atoms with Crippen LogP contribution in [0.3, 0.4) is 0 Å². The fraction of sp³-hybridized carbons (Fsp3) is 0.0714. The highest BCUT2D eigenvalue weighted by Crippen LogP contribution is 2.20. The number of para-hydroxylation sites is 2. The average molecular weight is 224 g/mol. The van der Waals surface area contributed by atoms with Gasteiger partial charge in [-0.2, -0.15) is 0 Å². The van der Waals surface area contributed by atoms with E-state index in [0.717, 1.165) is 16.6 Å². The van der Waals surface area contributed by atoms with E-state index in [1.54, 1.807) is 10.9 Å². The first kappa shape index (κ1) is 10.1. The minimum atomic E-state index is -0.691. The number of hydrogen-bond donors (Lipinski definition) is 1. The van der Waals surface area contributed by atoms with Crippen LogP contribution in [0.15, 0.2) is 60.9 Å². The number of nitrogens with zero attached hydrogens (tertiary/aromatic N) is 2. The van der Waals surface area contributed by atoms with Gasteiger partial charge in [0, 0.05) is 5.56 Å². The molecule has 1 N–H and O–H groups in total. The van der Waals surface area contributed by atoms with Gasteiger partial charge in [-0.05, 0) is 12.1 Å². The molecule has 1 heterocycles. The zero-order valence-electron chi connectivity index (χ0n) is 9.19. The summed E-state index contributed by atoms with van der Waals surface area (Å²) in [6.45, 7) is 0. The van der Waals surface area contributed by atoms with E-state index in [-0.39, 0.29) is 0 Å². The van der Waals surface area contributed by atoms with Crippen LogP contribution >= 0.6 is 0 Å². The van der Waals surface area contributed by atoms with Crippen molar-refractivity contribution < 1.29 is 5.11 Å². The van der Waals surface area contributed by atoms with Gasteiger partial charge in [0.1, 0.15) is 0 Å². The summed E-state index contributed by atoms with van der Waals surface area (Å²) >= 11 is 0. The second kappa shape index (κ2) is 4.03. The lowest BCUT2D eigenvalue weighted by Crippen LogP contribution is -2.08. The Balaban J connectivity index is 2.10. The van der Waals surface area contributed by atoms with E-state index in [4.69, 9.17) is 0 Å². The van der Waals surface area contributed by atoms with Gasteiger partial charge in [0.2, 0.25) is 0 Å². The Morgan fingerprint density at radius 2 is 1.65 bits per heavy atom. The molecule has 84 valence electrons. The smallest absolute Gasteiger partial charge is 0.158 e. The van der Waals surface area contributed by atoms with Gasteiger partial charge in [0.15, 0.2) is 6.23 Å². The predicted octanol–water partition coefficient (Wildman–Crippen LogP) is 2.58. The number of fused-ring (bicyclic) bond motifs is 1. The fourth-order valence-electron chi connectivity index (χ4n) is 1.96. The molecule has 1 aromatic heterocycles. The Bertz CT molecular complexity index is 631. The number of rotatable bonds is 2. The zero-order valence-corrected chi connectivity index (χ0v) is 9.19. The van der Waals surface area contributed by atoms with E-state index in [1.165, 1.54) is 0 Å². The third-order valence-electron chi connectivity index (χ3n) is 2.84. The zero-order chi connectivity index (χ0) is 11.7. The summed E-state index contributed by atoms with van der Waals surface area (Å²) in [5, 5.41) is 10.3. The van der Waals surface area contributed by atoms with Gasteiger partial charge in [-0.25, -0.2) is 4.98 Å². The molecule has 3 rings (SSSR count). The normalized spacial score (nSPS) is 12.8. The molecule has 0 aliphatic heterocycles. The molecule has 0 saturated heterocycles. The molecule has 1 atom stereocenters. The van der Waals surface area contributed by atoms with Crippen LogP contribution in [-0.4, -0.2) is 14.7 Å². The van der Waals surface area contributed by atoms with Crippen LogP contribution in [0.4, 0.5) is 0 Å². The molecule has 17 heavy (non-hydrogen) atoms. The Hall–Kier alpha value is -2.13. The lowest BCUT2D eigenvalue weighted by atomic mass is 10.2. The Labute approximate surface area is 99.0 Å². The van der Waals surface area contributed by atoms with Gasteiger partial charge in [0.25, 0.3) is 0 Å². The molecule has 0 fully saturated rings.